The van der Waals surface area contributed by atoms with E-state index in [1.165, 1.54) is 24.3 Å². The molecule has 0 aliphatic rings. The molecule has 5 heteroatoms. The van der Waals surface area contributed by atoms with Crippen LogP contribution >= 0.6 is 0 Å². The molecular weight excluding hydrogens is 279 g/mol. The van der Waals surface area contributed by atoms with E-state index in [9.17, 15) is 18.0 Å². The largest absolute Gasteiger partial charge is 0.472 e. The molecule has 0 bridgehead atoms. The zero-order valence-electron chi connectivity index (χ0n) is 11.6. The molecule has 0 radical (unpaired) electrons. The summed E-state index contributed by atoms with van der Waals surface area (Å²) >= 11 is 0. The summed E-state index contributed by atoms with van der Waals surface area (Å²) in [5.41, 5.74) is 2.18. The number of carbonyl (C=O) groups excluding carboxylic acids is 1. The minimum atomic E-state index is -4.93. The lowest BCUT2D eigenvalue weighted by atomic mass is 10.1. The Kier molecular flexibility index (Phi) is 4.02. The van der Waals surface area contributed by atoms with Crippen LogP contribution in [0.3, 0.4) is 0 Å². The van der Waals surface area contributed by atoms with Gasteiger partial charge >= 0.3 is 12.1 Å². The van der Waals surface area contributed by atoms with E-state index in [0.717, 1.165) is 11.1 Å². The van der Waals surface area contributed by atoms with Crippen LogP contribution in [0.25, 0.3) is 0 Å². The van der Waals surface area contributed by atoms with Crippen LogP contribution in [0.1, 0.15) is 11.1 Å². The van der Waals surface area contributed by atoms with Crippen molar-refractivity contribution in [1.29, 1.82) is 0 Å². The summed E-state index contributed by atoms with van der Waals surface area (Å²) in [6.07, 6.45) is -4.93. The molecule has 0 aromatic heterocycles. The summed E-state index contributed by atoms with van der Waals surface area (Å²) in [4.78, 5) is 12.4. The van der Waals surface area contributed by atoms with Gasteiger partial charge in [-0.1, -0.05) is 35.4 Å². The Morgan fingerprint density at radius 1 is 0.810 bits per heavy atom. The second-order valence-electron chi connectivity index (χ2n) is 4.81. The van der Waals surface area contributed by atoms with Gasteiger partial charge < -0.3 is 0 Å². The summed E-state index contributed by atoms with van der Waals surface area (Å²) in [6.45, 7) is 3.65. The number of aryl methyl sites for hydroxylation is 2. The van der Waals surface area contributed by atoms with E-state index in [2.05, 4.69) is 0 Å². The highest BCUT2D eigenvalue weighted by atomic mass is 19.4. The second-order valence-corrected chi connectivity index (χ2v) is 4.81. The van der Waals surface area contributed by atoms with E-state index < -0.39 is 12.1 Å². The molecule has 0 saturated heterocycles. The molecule has 0 spiro atoms. The fourth-order valence-electron chi connectivity index (χ4n) is 1.90. The third-order valence-corrected chi connectivity index (χ3v) is 3.03. The van der Waals surface area contributed by atoms with Gasteiger partial charge in [0.05, 0.1) is 0 Å². The quantitative estimate of drug-likeness (QED) is 0.796. The van der Waals surface area contributed by atoms with Gasteiger partial charge in [0.2, 0.25) is 0 Å². The number of carbonyl (C=O) groups is 1. The van der Waals surface area contributed by atoms with E-state index in [0.29, 0.717) is 4.90 Å². The van der Waals surface area contributed by atoms with Crippen molar-refractivity contribution in [3.05, 3.63) is 59.7 Å². The van der Waals surface area contributed by atoms with E-state index in [4.69, 9.17) is 0 Å². The highest BCUT2D eigenvalue weighted by Gasteiger charge is 2.43. The van der Waals surface area contributed by atoms with Gasteiger partial charge in [0, 0.05) is 11.4 Å². The van der Waals surface area contributed by atoms with Crippen molar-refractivity contribution in [3.8, 4) is 0 Å². The number of rotatable bonds is 2. The monoisotopic (exact) mass is 293 g/mol. The predicted molar refractivity (Wildman–Crippen MR) is 75.6 cm³/mol. The van der Waals surface area contributed by atoms with Crippen LogP contribution in [-0.4, -0.2) is 12.1 Å². The minimum absolute atomic E-state index is 0.187. The molecule has 21 heavy (non-hydrogen) atoms. The van der Waals surface area contributed by atoms with E-state index in [1.807, 2.05) is 13.8 Å². The smallest absolute Gasteiger partial charge is 0.273 e. The standard InChI is InChI=1S/C16H14F3NO/c1-11-3-7-13(8-4-11)20(15(21)16(17,18)19)14-9-5-12(2)6-10-14/h3-10H,1-2H3. The highest BCUT2D eigenvalue weighted by molar-refractivity contribution is 6.03. The first kappa shape index (κ1) is 15.1. The van der Waals surface area contributed by atoms with Crippen molar-refractivity contribution in [2.75, 3.05) is 4.90 Å². The fraction of sp³-hybridized carbons (Fsp3) is 0.188. The van der Waals surface area contributed by atoms with Gasteiger partial charge in [-0.2, -0.15) is 13.2 Å². The lowest BCUT2D eigenvalue weighted by Crippen LogP contribution is -2.38. The fourth-order valence-corrected chi connectivity index (χ4v) is 1.90. The number of alkyl halides is 3. The Bertz CT molecular complexity index is 585. The number of benzene rings is 2. The third-order valence-electron chi connectivity index (χ3n) is 3.03. The molecule has 0 atom stereocenters. The first-order chi connectivity index (χ1) is 9.79. The van der Waals surface area contributed by atoms with E-state index >= 15 is 0 Å². The average molecular weight is 293 g/mol. The average Bonchev–Trinajstić information content (AvgIpc) is 2.42. The molecule has 0 fully saturated rings. The molecule has 0 aliphatic carbocycles. The van der Waals surface area contributed by atoms with Crippen LogP contribution < -0.4 is 4.90 Å². The van der Waals surface area contributed by atoms with Gasteiger partial charge in [-0.3, -0.25) is 9.69 Å². The van der Waals surface area contributed by atoms with Crippen LogP contribution in [0.2, 0.25) is 0 Å². The number of halogens is 3. The summed E-state index contributed by atoms with van der Waals surface area (Å²) < 4.78 is 38.5. The van der Waals surface area contributed by atoms with Crippen molar-refractivity contribution in [2.24, 2.45) is 0 Å². The van der Waals surface area contributed by atoms with Gasteiger partial charge in [-0.15, -0.1) is 0 Å². The van der Waals surface area contributed by atoms with Crippen LogP contribution in [0.4, 0.5) is 24.5 Å². The number of hydrogen-bond donors (Lipinski definition) is 0. The Labute approximate surface area is 120 Å². The molecule has 2 aromatic carbocycles. The topological polar surface area (TPSA) is 20.3 Å². The minimum Gasteiger partial charge on any atom is -0.273 e. The highest BCUT2D eigenvalue weighted by Crippen LogP contribution is 2.31. The van der Waals surface area contributed by atoms with Crippen molar-refractivity contribution in [2.45, 2.75) is 20.0 Å². The molecule has 0 saturated carbocycles. The van der Waals surface area contributed by atoms with Gasteiger partial charge in [0.25, 0.3) is 0 Å². The number of anilines is 2. The maximum atomic E-state index is 12.8. The Morgan fingerprint density at radius 3 is 1.43 bits per heavy atom. The van der Waals surface area contributed by atoms with Crippen LogP contribution in [0.5, 0.6) is 0 Å². The molecule has 0 N–H and O–H groups in total. The van der Waals surface area contributed by atoms with Crippen molar-refractivity contribution in [1.82, 2.24) is 0 Å². The summed E-state index contributed by atoms with van der Waals surface area (Å²) in [5, 5.41) is 0. The Hall–Kier alpha value is -2.30. The number of nitrogens with zero attached hydrogens (tertiary/aromatic N) is 1. The molecule has 0 unspecified atom stereocenters. The van der Waals surface area contributed by atoms with Gasteiger partial charge in [0.1, 0.15) is 0 Å². The molecular formula is C16H14F3NO. The molecule has 0 heterocycles. The Balaban J connectivity index is 2.51. The Morgan fingerprint density at radius 2 is 1.14 bits per heavy atom. The summed E-state index contributed by atoms with van der Waals surface area (Å²) in [5.74, 6) is -1.91. The van der Waals surface area contributed by atoms with Crippen molar-refractivity contribution < 1.29 is 18.0 Å². The van der Waals surface area contributed by atoms with Crippen LogP contribution in [-0.2, 0) is 4.79 Å². The lowest BCUT2D eigenvalue weighted by Gasteiger charge is -2.24. The molecule has 110 valence electrons. The van der Waals surface area contributed by atoms with Crippen LogP contribution in [0.15, 0.2) is 48.5 Å². The van der Waals surface area contributed by atoms with Crippen molar-refractivity contribution in [3.63, 3.8) is 0 Å². The zero-order valence-corrected chi connectivity index (χ0v) is 11.6. The molecule has 2 nitrogen and oxygen atoms in total. The van der Waals surface area contributed by atoms with E-state index in [1.54, 1.807) is 24.3 Å². The van der Waals surface area contributed by atoms with Crippen molar-refractivity contribution >= 4 is 17.3 Å². The zero-order chi connectivity index (χ0) is 15.6. The first-order valence-electron chi connectivity index (χ1n) is 6.33. The number of amides is 1. The van der Waals surface area contributed by atoms with Gasteiger partial charge in [-0.05, 0) is 38.1 Å². The molecule has 0 aliphatic heterocycles. The van der Waals surface area contributed by atoms with Gasteiger partial charge in [-0.25, -0.2) is 0 Å². The second kappa shape index (κ2) is 5.60. The molecule has 1 amide bonds. The molecule has 2 aromatic rings. The molecule has 2 rings (SSSR count). The van der Waals surface area contributed by atoms with Crippen LogP contribution in [0, 0.1) is 13.8 Å². The summed E-state index contributed by atoms with van der Waals surface area (Å²) in [7, 11) is 0. The normalized spacial score (nSPS) is 11.3. The maximum absolute atomic E-state index is 12.8. The predicted octanol–water partition coefficient (Wildman–Crippen LogP) is 4.53. The number of hydrogen-bond acceptors (Lipinski definition) is 1. The maximum Gasteiger partial charge on any atom is 0.472 e. The van der Waals surface area contributed by atoms with Gasteiger partial charge in [0.15, 0.2) is 0 Å². The first-order valence-corrected chi connectivity index (χ1v) is 6.33. The SMILES string of the molecule is Cc1ccc(N(C(=O)C(F)(F)F)c2ccc(C)cc2)cc1. The third kappa shape index (κ3) is 3.42. The summed E-state index contributed by atoms with van der Waals surface area (Å²) in [6, 6.07) is 12.7. The van der Waals surface area contributed by atoms with E-state index in [-0.39, 0.29) is 11.4 Å². The lowest BCUT2D eigenvalue weighted by molar-refractivity contribution is -0.169.